The van der Waals surface area contributed by atoms with Crippen molar-refractivity contribution in [1.82, 2.24) is 5.32 Å². The van der Waals surface area contributed by atoms with Crippen LogP contribution in [0.3, 0.4) is 0 Å². The van der Waals surface area contributed by atoms with Crippen molar-refractivity contribution in [2.24, 2.45) is 17.1 Å². The lowest BCUT2D eigenvalue weighted by Crippen LogP contribution is -2.47. The van der Waals surface area contributed by atoms with Gasteiger partial charge in [-0.3, -0.25) is 4.79 Å². The van der Waals surface area contributed by atoms with E-state index in [-0.39, 0.29) is 17.2 Å². The monoisotopic (exact) mass is 214 g/mol. The lowest BCUT2D eigenvalue weighted by molar-refractivity contribution is -0.123. The van der Waals surface area contributed by atoms with Gasteiger partial charge in [0, 0.05) is 18.6 Å². The Morgan fingerprint density at radius 3 is 2.73 bits per heavy atom. The van der Waals surface area contributed by atoms with Crippen LogP contribution in [-0.4, -0.2) is 31.7 Å². The molecular weight excluding hydrogens is 192 g/mol. The van der Waals surface area contributed by atoms with Gasteiger partial charge in [0.05, 0.1) is 12.6 Å². The van der Waals surface area contributed by atoms with E-state index in [1.807, 2.05) is 13.8 Å². The lowest BCUT2D eigenvalue weighted by Gasteiger charge is -2.24. The van der Waals surface area contributed by atoms with Gasteiger partial charge in [0.15, 0.2) is 0 Å². The van der Waals surface area contributed by atoms with Crippen molar-refractivity contribution >= 4 is 5.91 Å². The van der Waals surface area contributed by atoms with E-state index in [2.05, 4.69) is 12.2 Å². The number of ether oxygens (including phenoxy) is 1. The van der Waals surface area contributed by atoms with E-state index >= 15 is 0 Å². The predicted molar refractivity (Wildman–Crippen MR) is 59.4 cm³/mol. The number of hydrogen-bond acceptors (Lipinski definition) is 3. The molecule has 88 valence electrons. The van der Waals surface area contributed by atoms with Gasteiger partial charge in [-0.15, -0.1) is 0 Å². The molecule has 1 fully saturated rings. The molecule has 15 heavy (non-hydrogen) atoms. The summed E-state index contributed by atoms with van der Waals surface area (Å²) in [6.07, 6.45) is 1.00. The van der Waals surface area contributed by atoms with Crippen molar-refractivity contribution in [2.75, 3.05) is 19.8 Å². The van der Waals surface area contributed by atoms with Crippen LogP contribution >= 0.6 is 0 Å². The first-order chi connectivity index (χ1) is 6.94. The molecule has 0 aromatic heterocycles. The van der Waals surface area contributed by atoms with Gasteiger partial charge in [-0.05, 0) is 12.3 Å². The molecule has 0 aliphatic carbocycles. The van der Waals surface area contributed by atoms with Crippen LogP contribution in [0.5, 0.6) is 0 Å². The first-order valence-corrected chi connectivity index (χ1v) is 5.56. The van der Waals surface area contributed by atoms with Crippen molar-refractivity contribution in [1.29, 1.82) is 0 Å². The summed E-state index contributed by atoms with van der Waals surface area (Å²) >= 11 is 0. The van der Waals surface area contributed by atoms with Crippen LogP contribution in [0.2, 0.25) is 0 Å². The maximum Gasteiger partial charge on any atom is 0.237 e. The summed E-state index contributed by atoms with van der Waals surface area (Å²) in [7, 11) is 0. The average molecular weight is 214 g/mol. The SMILES string of the molecule is CC(C)[C@@H](N)C(=O)NCC1(C)CCOC1. The molecule has 3 N–H and O–H groups in total. The standard InChI is InChI=1S/C11H22N2O2/c1-8(2)9(12)10(14)13-6-11(3)4-5-15-7-11/h8-9H,4-7,12H2,1-3H3,(H,13,14)/t9-,11?/m1/s1. The number of hydrogen-bond donors (Lipinski definition) is 2. The molecule has 2 atom stereocenters. The molecule has 4 heteroatoms. The van der Waals surface area contributed by atoms with Crippen molar-refractivity contribution in [3.63, 3.8) is 0 Å². The van der Waals surface area contributed by atoms with Crippen LogP contribution < -0.4 is 11.1 Å². The van der Waals surface area contributed by atoms with E-state index in [9.17, 15) is 4.79 Å². The molecule has 1 unspecified atom stereocenters. The van der Waals surface area contributed by atoms with Gasteiger partial charge in [-0.2, -0.15) is 0 Å². The zero-order chi connectivity index (χ0) is 11.5. The Morgan fingerprint density at radius 1 is 1.60 bits per heavy atom. The maximum absolute atomic E-state index is 11.6. The first kappa shape index (κ1) is 12.5. The molecular formula is C11H22N2O2. The van der Waals surface area contributed by atoms with Gasteiger partial charge in [-0.1, -0.05) is 20.8 Å². The number of carbonyl (C=O) groups excluding carboxylic acids is 1. The number of carbonyl (C=O) groups is 1. The Balaban J connectivity index is 2.33. The number of rotatable bonds is 4. The molecule has 0 saturated carbocycles. The fourth-order valence-electron chi connectivity index (χ4n) is 1.57. The number of nitrogens with two attached hydrogens (primary N) is 1. The summed E-state index contributed by atoms with van der Waals surface area (Å²) in [6, 6.07) is -0.407. The van der Waals surface area contributed by atoms with E-state index in [1.54, 1.807) is 0 Å². The first-order valence-electron chi connectivity index (χ1n) is 5.56. The predicted octanol–water partition coefficient (Wildman–Crippen LogP) is 0.513. The molecule has 0 aromatic rings. The van der Waals surface area contributed by atoms with E-state index in [0.29, 0.717) is 6.54 Å². The quantitative estimate of drug-likeness (QED) is 0.717. The molecule has 0 radical (unpaired) electrons. The van der Waals surface area contributed by atoms with E-state index in [4.69, 9.17) is 10.5 Å². The fraction of sp³-hybridized carbons (Fsp3) is 0.909. The van der Waals surface area contributed by atoms with Gasteiger partial charge >= 0.3 is 0 Å². The van der Waals surface area contributed by atoms with Gasteiger partial charge in [0.1, 0.15) is 0 Å². The van der Waals surface area contributed by atoms with Crippen LogP contribution in [0.25, 0.3) is 0 Å². The third-order valence-corrected chi connectivity index (χ3v) is 3.01. The Kier molecular flexibility index (Phi) is 4.11. The topological polar surface area (TPSA) is 64.4 Å². The minimum atomic E-state index is -0.407. The highest BCUT2D eigenvalue weighted by Crippen LogP contribution is 2.26. The highest BCUT2D eigenvalue weighted by atomic mass is 16.5. The lowest BCUT2D eigenvalue weighted by atomic mass is 9.90. The summed E-state index contributed by atoms with van der Waals surface area (Å²) in [5, 5.41) is 2.90. The van der Waals surface area contributed by atoms with Gasteiger partial charge < -0.3 is 15.8 Å². The second-order valence-corrected chi connectivity index (χ2v) is 5.10. The number of amides is 1. The minimum Gasteiger partial charge on any atom is -0.381 e. The molecule has 1 amide bonds. The average Bonchev–Trinajstić information content (AvgIpc) is 2.61. The van der Waals surface area contributed by atoms with E-state index < -0.39 is 6.04 Å². The van der Waals surface area contributed by atoms with Crippen molar-refractivity contribution in [3.05, 3.63) is 0 Å². The number of nitrogens with one attached hydrogen (secondary N) is 1. The molecule has 4 nitrogen and oxygen atoms in total. The van der Waals surface area contributed by atoms with Crippen molar-refractivity contribution in [3.8, 4) is 0 Å². The Hall–Kier alpha value is -0.610. The Morgan fingerprint density at radius 2 is 2.27 bits per heavy atom. The fourth-order valence-corrected chi connectivity index (χ4v) is 1.57. The van der Waals surface area contributed by atoms with Gasteiger partial charge in [0.2, 0.25) is 5.91 Å². The van der Waals surface area contributed by atoms with E-state index in [1.165, 1.54) is 0 Å². The molecule has 0 spiro atoms. The van der Waals surface area contributed by atoms with Gasteiger partial charge in [-0.25, -0.2) is 0 Å². The molecule has 0 bridgehead atoms. The van der Waals surface area contributed by atoms with Gasteiger partial charge in [0.25, 0.3) is 0 Å². The molecule has 1 aliphatic heterocycles. The molecule has 1 rings (SSSR count). The third kappa shape index (κ3) is 3.47. The zero-order valence-electron chi connectivity index (χ0n) is 9.88. The largest absolute Gasteiger partial charge is 0.381 e. The highest BCUT2D eigenvalue weighted by molar-refractivity contribution is 5.81. The van der Waals surface area contributed by atoms with Crippen LogP contribution in [0, 0.1) is 11.3 Å². The van der Waals surface area contributed by atoms with Crippen molar-refractivity contribution < 1.29 is 9.53 Å². The van der Waals surface area contributed by atoms with Crippen LogP contribution in [-0.2, 0) is 9.53 Å². The summed E-state index contributed by atoms with van der Waals surface area (Å²) < 4.78 is 5.32. The molecule has 1 aliphatic rings. The summed E-state index contributed by atoms with van der Waals surface area (Å²) in [6.45, 7) is 8.20. The minimum absolute atomic E-state index is 0.0573. The smallest absolute Gasteiger partial charge is 0.237 e. The van der Waals surface area contributed by atoms with Crippen LogP contribution in [0.15, 0.2) is 0 Å². The summed E-state index contributed by atoms with van der Waals surface area (Å²) in [5.41, 5.74) is 5.83. The molecule has 1 heterocycles. The second-order valence-electron chi connectivity index (χ2n) is 5.10. The Bertz CT molecular complexity index is 223. The van der Waals surface area contributed by atoms with Crippen LogP contribution in [0.1, 0.15) is 27.2 Å². The zero-order valence-corrected chi connectivity index (χ0v) is 9.88. The second kappa shape index (κ2) is 4.94. The summed E-state index contributed by atoms with van der Waals surface area (Å²) in [5.74, 6) is 0.121. The van der Waals surface area contributed by atoms with Crippen molar-refractivity contribution in [2.45, 2.75) is 33.2 Å². The highest BCUT2D eigenvalue weighted by Gasteiger charge is 2.30. The maximum atomic E-state index is 11.6. The van der Waals surface area contributed by atoms with E-state index in [0.717, 1.165) is 19.6 Å². The Labute approximate surface area is 91.5 Å². The third-order valence-electron chi connectivity index (χ3n) is 3.01. The normalized spacial score (nSPS) is 28.1. The summed E-state index contributed by atoms with van der Waals surface area (Å²) in [4.78, 5) is 11.6. The molecule has 1 saturated heterocycles. The molecule has 0 aromatic carbocycles. The van der Waals surface area contributed by atoms with Crippen LogP contribution in [0.4, 0.5) is 0 Å².